The average Bonchev–Trinajstić information content (AvgIpc) is 2.67. The van der Waals surface area contributed by atoms with Gasteiger partial charge in [-0.25, -0.2) is 0 Å². The molecule has 0 unspecified atom stereocenters. The van der Waals surface area contributed by atoms with Crippen molar-refractivity contribution in [3.8, 4) is 0 Å². The molecule has 1 aromatic rings. The van der Waals surface area contributed by atoms with E-state index in [2.05, 4.69) is 21.2 Å². The lowest BCUT2D eigenvalue weighted by Crippen LogP contribution is -2.44. The van der Waals surface area contributed by atoms with E-state index < -0.39 is 23.8 Å². The van der Waals surface area contributed by atoms with Crippen molar-refractivity contribution in [3.63, 3.8) is 0 Å². The lowest BCUT2D eigenvalue weighted by molar-refractivity contribution is -0.146. The molecule has 1 aliphatic rings. The van der Waals surface area contributed by atoms with Crippen LogP contribution < -0.4 is 5.32 Å². The van der Waals surface area contributed by atoms with Crippen LogP contribution in [0.1, 0.15) is 29.9 Å². The van der Waals surface area contributed by atoms with Crippen molar-refractivity contribution in [2.24, 2.45) is 0 Å². The molecule has 0 fully saturated rings. The number of nitrogens with zero attached hydrogens (tertiary/aromatic N) is 1. The minimum Gasteiger partial charge on any atom is -0.466 e. The molecule has 0 spiro atoms. The van der Waals surface area contributed by atoms with E-state index in [1.165, 1.54) is 4.57 Å². The van der Waals surface area contributed by atoms with Gasteiger partial charge < -0.3 is 9.30 Å². The van der Waals surface area contributed by atoms with E-state index in [-0.39, 0.29) is 13.0 Å². The molecule has 2 heterocycles. The number of esters is 1. The first kappa shape index (κ1) is 12.8. The molecule has 7 heteroatoms. The van der Waals surface area contributed by atoms with Gasteiger partial charge in [-0.2, -0.15) is 0 Å². The molecular weight excluding hydrogens is 304 g/mol. The van der Waals surface area contributed by atoms with E-state index in [1.807, 2.05) is 0 Å². The highest BCUT2D eigenvalue weighted by Gasteiger charge is 2.34. The van der Waals surface area contributed by atoms with Crippen LogP contribution in [-0.4, -0.2) is 29.0 Å². The average molecular weight is 315 g/mol. The van der Waals surface area contributed by atoms with Crippen molar-refractivity contribution in [1.82, 2.24) is 9.88 Å². The maximum atomic E-state index is 11.8. The van der Waals surface area contributed by atoms with Crippen molar-refractivity contribution in [2.75, 3.05) is 6.61 Å². The summed E-state index contributed by atoms with van der Waals surface area (Å²) in [6.07, 6.45) is -0.104. The topological polar surface area (TPSA) is 77.4 Å². The van der Waals surface area contributed by atoms with Gasteiger partial charge in [-0.05, 0) is 35.0 Å². The minimum absolute atomic E-state index is 0.104. The Morgan fingerprint density at radius 2 is 2.22 bits per heavy atom. The van der Waals surface area contributed by atoms with Crippen LogP contribution in [0.4, 0.5) is 0 Å². The first-order valence-electron chi connectivity index (χ1n) is 5.42. The van der Waals surface area contributed by atoms with Crippen LogP contribution in [0.5, 0.6) is 0 Å². The van der Waals surface area contributed by atoms with Gasteiger partial charge in [0.2, 0.25) is 0 Å². The van der Waals surface area contributed by atoms with Gasteiger partial charge >= 0.3 is 5.97 Å². The highest BCUT2D eigenvalue weighted by atomic mass is 79.9. The summed E-state index contributed by atoms with van der Waals surface area (Å²) in [5.41, 5.74) is 0.343. The predicted octanol–water partition coefficient (Wildman–Crippen LogP) is 1.01. The zero-order chi connectivity index (χ0) is 13.3. The number of halogens is 1. The van der Waals surface area contributed by atoms with Gasteiger partial charge in [0.15, 0.2) is 0 Å². The summed E-state index contributed by atoms with van der Waals surface area (Å²) < 4.78 is 6.90. The lowest BCUT2D eigenvalue weighted by Gasteiger charge is -2.25. The fourth-order valence-corrected chi connectivity index (χ4v) is 2.43. The molecule has 2 amide bonds. The molecule has 2 rings (SSSR count). The fraction of sp³-hybridized carbons (Fsp3) is 0.364. The second kappa shape index (κ2) is 4.93. The Hall–Kier alpha value is -1.63. The molecule has 0 aliphatic carbocycles. The van der Waals surface area contributed by atoms with Crippen LogP contribution in [0.15, 0.2) is 16.7 Å². The Labute approximate surface area is 111 Å². The van der Waals surface area contributed by atoms with Crippen molar-refractivity contribution in [2.45, 2.75) is 19.4 Å². The number of carbonyl (C=O) groups is 3. The third-order valence-corrected chi connectivity index (χ3v) is 3.26. The molecule has 1 N–H and O–H groups in total. The van der Waals surface area contributed by atoms with Crippen molar-refractivity contribution >= 4 is 33.7 Å². The van der Waals surface area contributed by atoms with Gasteiger partial charge in [0.05, 0.1) is 17.6 Å². The summed E-state index contributed by atoms with van der Waals surface area (Å²) in [7, 11) is 0. The zero-order valence-corrected chi connectivity index (χ0v) is 11.2. The number of aromatic nitrogens is 1. The molecule has 96 valence electrons. The third-order valence-electron chi connectivity index (χ3n) is 2.62. The first-order valence-corrected chi connectivity index (χ1v) is 6.21. The number of imide groups is 1. The quantitative estimate of drug-likeness (QED) is 0.667. The maximum absolute atomic E-state index is 11.8. The van der Waals surface area contributed by atoms with Crippen LogP contribution in [0.25, 0.3) is 0 Å². The van der Waals surface area contributed by atoms with Crippen LogP contribution in [0.2, 0.25) is 0 Å². The lowest BCUT2D eigenvalue weighted by atomic mass is 10.1. The monoisotopic (exact) mass is 314 g/mol. The number of fused-ring (bicyclic) bond motifs is 1. The molecule has 18 heavy (non-hydrogen) atoms. The molecular formula is C11H11BrN2O4. The first-order chi connectivity index (χ1) is 8.54. The van der Waals surface area contributed by atoms with E-state index in [0.29, 0.717) is 10.3 Å². The summed E-state index contributed by atoms with van der Waals surface area (Å²) in [4.78, 5) is 34.8. The molecule has 1 aliphatic heterocycles. The van der Waals surface area contributed by atoms with Crippen LogP contribution in [0, 0.1) is 0 Å². The van der Waals surface area contributed by atoms with Crippen molar-refractivity contribution in [1.29, 1.82) is 0 Å². The summed E-state index contributed by atoms with van der Waals surface area (Å²) in [5.74, 6) is -1.44. The molecule has 0 radical (unpaired) electrons. The van der Waals surface area contributed by atoms with Gasteiger partial charge in [-0.1, -0.05) is 0 Å². The molecule has 6 nitrogen and oxygen atoms in total. The van der Waals surface area contributed by atoms with Crippen LogP contribution in [-0.2, 0) is 14.3 Å². The summed E-state index contributed by atoms with van der Waals surface area (Å²) in [5, 5.41) is 2.22. The summed E-state index contributed by atoms with van der Waals surface area (Å²) in [6.45, 7) is 1.95. The number of ether oxygens (including phenoxy) is 1. The Morgan fingerprint density at radius 3 is 2.89 bits per heavy atom. The molecule has 1 aromatic heterocycles. The maximum Gasteiger partial charge on any atom is 0.308 e. The Balaban J connectivity index is 2.32. The Morgan fingerprint density at radius 1 is 1.50 bits per heavy atom. The Kier molecular flexibility index (Phi) is 3.51. The molecule has 0 bridgehead atoms. The Bertz CT molecular complexity index is 523. The molecule has 0 saturated heterocycles. The van der Waals surface area contributed by atoms with E-state index in [4.69, 9.17) is 4.74 Å². The highest BCUT2D eigenvalue weighted by Crippen LogP contribution is 2.27. The second-order valence-electron chi connectivity index (χ2n) is 3.75. The van der Waals surface area contributed by atoms with Gasteiger partial charge in [-0.15, -0.1) is 0 Å². The fourth-order valence-electron chi connectivity index (χ4n) is 1.86. The van der Waals surface area contributed by atoms with Crippen molar-refractivity contribution in [3.05, 3.63) is 22.4 Å². The van der Waals surface area contributed by atoms with E-state index >= 15 is 0 Å². The van der Waals surface area contributed by atoms with Gasteiger partial charge in [0, 0.05) is 0 Å². The van der Waals surface area contributed by atoms with Gasteiger partial charge in [-0.3, -0.25) is 19.7 Å². The number of hydrogen-bond donors (Lipinski definition) is 1. The predicted molar refractivity (Wildman–Crippen MR) is 64.9 cm³/mol. The standard InChI is InChI=1S/C11H11BrN2O4/c1-2-18-9(15)5-7-11(17)13-10(16)6-3-4-8(12)14(6)7/h3-4,7H,2,5H2,1H3,(H,13,16,17)/t7-/m1/s1. The van der Waals surface area contributed by atoms with E-state index in [9.17, 15) is 14.4 Å². The molecule has 1 atom stereocenters. The van der Waals surface area contributed by atoms with Crippen LogP contribution >= 0.6 is 15.9 Å². The minimum atomic E-state index is -0.763. The highest BCUT2D eigenvalue weighted by molar-refractivity contribution is 9.10. The van der Waals surface area contributed by atoms with Gasteiger partial charge in [0.1, 0.15) is 11.7 Å². The van der Waals surface area contributed by atoms with Gasteiger partial charge in [0.25, 0.3) is 11.8 Å². The number of hydrogen-bond acceptors (Lipinski definition) is 4. The third kappa shape index (κ3) is 2.17. The second-order valence-corrected chi connectivity index (χ2v) is 4.57. The summed E-state index contributed by atoms with van der Waals surface area (Å²) in [6, 6.07) is 2.48. The number of nitrogens with one attached hydrogen (secondary N) is 1. The van der Waals surface area contributed by atoms with E-state index in [1.54, 1.807) is 19.1 Å². The van der Waals surface area contributed by atoms with Crippen molar-refractivity contribution < 1.29 is 19.1 Å². The number of carbonyl (C=O) groups excluding carboxylic acids is 3. The number of amides is 2. The molecule has 0 saturated carbocycles. The molecule has 0 aromatic carbocycles. The summed E-state index contributed by atoms with van der Waals surface area (Å²) >= 11 is 3.25. The zero-order valence-electron chi connectivity index (χ0n) is 9.60. The smallest absolute Gasteiger partial charge is 0.308 e. The van der Waals surface area contributed by atoms with E-state index in [0.717, 1.165) is 0 Å². The van der Waals surface area contributed by atoms with Crippen LogP contribution in [0.3, 0.4) is 0 Å². The largest absolute Gasteiger partial charge is 0.466 e. The number of rotatable bonds is 3. The SMILES string of the molecule is CCOC(=O)C[C@@H]1C(=O)NC(=O)c2ccc(Br)n21. The normalized spacial score (nSPS) is 18.2.